The lowest BCUT2D eigenvalue weighted by Gasteiger charge is -2.42. The Morgan fingerprint density at radius 2 is 1.84 bits per heavy atom. The summed E-state index contributed by atoms with van der Waals surface area (Å²) in [6.45, 7) is 4.47. The number of piperazine rings is 1. The molecular formula is C28H35N9S. The zero-order valence-electron chi connectivity index (χ0n) is 21.6. The molecule has 0 amide bonds. The van der Waals surface area contributed by atoms with Gasteiger partial charge in [-0.15, -0.1) is 11.3 Å². The van der Waals surface area contributed by atoms with E-state index < -0.39 is 5.79 Å². The van der Waals surface area contributed by atoms with Crippen LogP contribution in [0.2, 0.25) is 0 Å². The normalized spacial score (nSPS) is 31.0. The number of benzene rings is 1. The van der Waals surface area contributed by atoms with E-state index in [0.717, 1.165) is 78.5 Å². The van der Waals surface area contributed by atoms with E-state index >= 15 is 0 Å². The van der Waals surface area contributed by atoms with E-state index in [1.807, 2.05) is 0 Å². The van der Waals surface area contributed by atoms with E-state index in [9.17, 15) is 0 Å². The molecular weight excluding hydrogens is 494 g/mol. The van der Waals surface area contributed by atoms with Crippen molar-refractivity contribution in [3.8, 4) is 0 Å². The van der Waals surface area contributed by atoms with Gasteiger partial charge in [0.1, 0.15) is 11.2 Å². The summed E-state index contributed by atoms with van der Waals surface area (Å²) in [6.07, 6.45) is 10.8. The summed E-state index contributed by atoms with van der Waals surface area (Å²) in [5, 5.41) is 2.80. The highest BCUT2D eigenvalue weighted by molar-refractivity contribution is 7.19. The van der Waals surface area contributed by atoms with Crippen molar-refractivity contribution in [2.75, 3.05) is 36.1 Å². The van der Waals surface area contributed by atoms with Crippen LogP contribution < -0.4 is 26.8 Å². The van der Waals surface area contributed by atoms with Crippen LogP contribution in [0.1, 0.15) is 48.1 Å². The smallest absolute Gasteiger partial charge is 0.215 e. The van der Waals surface area contributed by atoms with Crippen LogP contribution in [0.25, 0.3) is 10.2 Å². The summed E-state index contributed by atoms with van der Waals surface area (Å²) >= 11 is 1.76. The minimum Gasteiger partial charge on any atom is -0.369 e. The first-order chi connectivity index (χ1) is 18.6. The fourth-order valence-electron chi connectivity index (χ4n) is 7.75. The van der Waals surface area contributed by atoms with Gasteiger partial charge in [0.25, 0.3) is 0 Å². The van der Waals surface area contributed by atoms with Gasteiger partial charge in [-0.05, 0) is 68.1 Å². The van der Waals surface area contributed by atoms with Gasteiger partial charge in [-0.25, -0.2) is 20.0 Å². The molecule has 5 aliphatic rings. The van der Waals surface area contributed by atoms with Gasteiger partial charge in [0.05, 0.1) is 5.39 Å². The Morgan fingerprint density at radius 1 is 1.00 bits per heavy atom. The Kier molecular flexibility index (Phi) is 5.24. The zero-order valence-corrected chi connectivity index (χ0v) is 22.5. The fourth-order valence-corrected chi connectivity index (χ4v) is 8.98. The van der Waals surface area contributed by atoms with Crippen molar-refractivity contribution in [3.05, 3.63) is 46.6 Å². The summed E-state index contributed by atoms with van der Waals surface area (Å²) in [5.41, 5.74) is 20.0. The highest BCUT2D eigenvalue weighted by atomic mass is 32.1. The fraction of sp³-hybridized carbons (Fsp3) is 0.536. The second-order valence-electron chi connectivity index (χ2n) is 11.7. The van der Waals surface area contributed by atoms with Crippen LogP contribution in [-0.4, -0.2) is 53.0 Å². The zero-order chi connectivity index (χ0) is 25.4. The van der Waals surface area contributed by atoms with Crippen molar-refractivity contribution in [2.24, 2.45) is 28.3 Å². The lowest BCUT2D eigenvalue weighted by molar-refractivity contribution is 0.135. The van der Waals surface area contributed by atoms with Gasteiger partial charge in [0, 0.05) is 48.3 Å². The van der Waals surface area contributed by atoms with E-state index in [-0.39, 0.29) is 0 Å². The summed E-state index contributed by atoms with van der Waals surface area (Å²) in [5.74, 6) is 1.85. The third-order valence-corrected chi connectivity index (χ3v) is 10.9. The van der Waals surface area contributed by atoms with Crippen molar-refractivity contribution < 1.29 is 0 Å². The molecule has 38 heavy (non-hydrogen) atoms. The minimum atomic E-state index is -1.15. The number of nitrogens with one attached hydrogen (secondary N) is 1. The van der Waals surface area contributed by atoms with Gasteiger partial charge < -0.3 is 10.6 Å². The molecule has 3 fully saturated rings. The monoisotopic (exact) mass is 529 g/mol. The number of nitrogens with zero attached hydrogens (tertiary/aromatic N) is 6. The summed E-state index contributed by atoms with van der Waals surface area (Å²) in [6, 6.07) is 9.32. The lowest BCUT2D eigenvalue weighted by atomic mass is 9.93. The first-order valence-corrected chi connectivity index (χ1v) is 14.9. The second kappa shape index (κ2) is 8.61. The van der Waals surface area contributed by atoms with Crippen molar-refractivity contribution in [1.82, 2.24) is 20.3 Å². The molecule has 0 radical (unpaired) electrons. The summed E-state index contributed by atoms with van der Waals surface area (Å²) in [4.78, 5) is 21.4. The number of nitrogens with two attached hydrogens (primary N) is 2. The van der Waals surface area contributed by atoms with Gasteiger partial charge >= 0.3 is 0 Å². The van der Waals surface area contributed by atoms with Crippen LogP contribution in [0.15, 0.2) is 35.6 Å². The molecule has 3 aromatic rings. The van der Waals surface area contributed by atoms with Crippen LogP contribution in [-0.2, 0) is 18.6 Å². The number of thiophene rings is 1. The van der Waals surface area contributed by atoms with E-state index in [0.29, 0.717) is 5.96 Å². The molecule has 4 unspecified atom stereocenters. The number of hydrogen-bond acceptors (Lipinski definition) is 10. The molecule has 5 N–H and O–H groups in total. The molecule has 198 valence electrons. The average Bonchev–Trinajstić information content (AvgIpc) is 3.76. The standard InChI is InChI=1S/C28H35N9S/c29-27-33-28(30,34-37(27)25-24-21-2-1-3-23(21)38-26(24)32-16-31-25)19-6-8-20(9-7-19)35-10-12-36(13-11-35)22-15-17-4-5-18(22)14-17/h6-9,16-18,22,34H,1-5,10-15,30H2,(H2,29,33). The Morgan fingerprint density at radius 3 is 2.61 bits per heavy atom. The third-order valence-electron chi connectivity index (χ3n) is 9.65. The summed E-state index contributed by atoms with van der Waals surface area (Å²) in [7, 11) is 0. The number of aliphatic imine (C=N–C) groups is 1. The highest BCUT2D eigenvalue weighted by Crippen LogP contribution is 2.47. The topological polar surface area (TPSA) is 112 Å². The molecule has 8 rings (SSSR count). The molecule has 2 saturated carbocycles. The molecule has 3 aliphatic carbocycles. The van der Waals surface area contributed by atoms with Crippen LogP contribution in [0.4, 0.5) is 11.5 Å². The predicted molar refractivity (Wildman–Crippen MR) is 152 cm³/mol. The molecule has 2 bridgehead atoms. The predicted octanol–water partition coefficient (Wildman–Crippen LogP) is 2.90. The highest BCUT2D eigenvalue weighted by Gasteiger charge is 2.43. The van der Waals surface area contributed by atoms with E-state index in [1.165, 1.54) is 48.2 Å². The number of anilines is 2. The Balaban J connectivity index is 0.983. The Hall–Kier alpha value is -2.79. The Bertz CT molecular complexity index is 1410. The lowest BCUT2D eigenvalue weighted by Crippen LogP contribution is -2.53. The summed E-state index contributed by atoms with van der Waals surface area (Å²) < 4.78 is 0. The van der Waals surface area contributed by atoms with E-state index in [2.05, 4.69) is 54.5 Å². The maximum absolute atomic E-state index is 6.80. The molecule has 4 atom stereocenters. The van der Waals surface area contributed by atoms with Gasteiger partial charge in [-0.3, -0.25) is 10.6 Å². The van der Waals surface area contributed by atoms with E-state index in [1.54, 1.807) is 22.7 Å². The number of aryl methyl sites for hydroxylation is 2. The van der Waals surface area contributed by atoms with Crippen molar-refractivity contribution >= 4 is 39.0 Å². The van der Waals surface area contributed by atoms with E-state index in [4.69, 9.17) is 11.5 Å². The quantitative estimate of drug-likeness (QED) is 0.473. The Labute approximate surface area is 226 Å². The first-order valence-electron chi connectivity index (χ1n) is 14.1. The molecule has 0 spiro atoms. The number of hydrazine groups is 1. The molecule has 2 aromatic heterocycles. The molecule has 4 heterocycles. The van der Waals surface area contributed by atoms with Gasteiger partial charge in [0.15, 0.2) is 5.82 Å². The van der Waals surface area contributed by atoms with Crippen molar-refractivity contribution in [3.63, 3.8) is 0 Å². The first kappa shape index (κ1) is 23.1. The molecule has 2 aliphatic heterocycles. The number of aromatic nitrogens is 2. The maximum atomic E-state index is 6.80. The molecule has 1 aromatic carbocycles. The maximum Gasteiger partial charge on any atom is 0.215 e. The molecule has 10 heteroatoms. The molecule has 9 nitrogen and oxygen atoms in total. The third kappa shape index (κ3) is 3.57. The van der Waals surface area contributed by atoms with Crippen LogP contribution in [0, 0.1) is 11.8 Å². The van der Waals surface area contributed by atoms with Gasteiger partial charge in [-0.2, -0.15) is 5.43 Å². The van der Waals surface area contributed by atoms with Crippen LogP contribution in [0.3, 0.4) is 0 Å². The SMILES string of the molecule is NC1=NC(N)(c2ccc(N3CCN(C4CC5CCC4C5)CC3)cc2)NN1c1ncnc2sc3c(c12)CCC3. The molecule has 1 saturated heterocycles. The number of guanidine groups is 1. The largest absolute Gasteiger partial charge is 0.369 e. The number of hydrogen-bond donors (Lipinski definition) is 3. The van der Waals surface area contributed by atoms with Crippen LogP contribution >= 0.6 is 11.3 Å². The average molecular weight is 530 g/mol. The van der Waals surface area contributed by atoms with Gasteiger partial charge in [-0.1, -0.05) is 18.6 Å². The van der Waals surface area contributed by atoms with Crippen LogP contribution in [0.5, 0.6) is 0 Å². The van der Waals surface area contributed by atoms with Crippen molar-refractivity contribution in [2.45, 2.75) is 56.8 Å². The van der Waals surface area contributed by atoms with Crippen molar-refractivity contribution in [1.29, 1.82) is 0 Å². The number of rotatable bonds is 4. The minimum absolute atomic E-state index is 0.311. The van der Waals surface area contributed by atoms with Gasteiger partial charge in [0.2, 0.25) is 11.7 Å². The number of fused-ring (bicyclic) bond motifs is 5. The second-order valence-corrected chi connectivity index (χ2v) is 12.8.